The number of amides is 1. The summed E-state index contributed by atoms with van der Waals surface area (Å²) in [6, 6.07) is 1.62. The van der Waals surface area contributed by atoms with Crippen LogP contribution in [0.3, 0.4) is 0 Å². The van der Waals surface area contributed by atoms with Gasteiger partial charge in [-0.15, -0.1) is 0 Å². The average Bonchev–Trinajstić information content (AvgIpc) is 2.35. The van der Waals surface area contributed by atoms with E-state index >= 15 is 0 Å². The molecule has 0 spiro atoms. The van der Waals surface area contributed by atoms with E-state index in [9.17, 15) is 4.79 Å². The SMILES string of the molecule is O=C(Nc1cc(Br)cnc1Cl)C1CCCCN1. The average molecular weight is 319 g/mol. The third kappa shape index (κ3) is 3.40. The van der Waals surface area contributed by atoms with Crippen molar-refractivity contribution in [2.24, 2.45) is 0 Å². The van der Waals surface area contributed by atoms with E-state index in [0.717, 1.165) is 30.3 Å². The second kappa shape index (κ2) is 5.80. The van der Waals surface area contributed by atoms with Gasteiger partial charge in [0.15, 0.2) is 5.15 Å². The Morgan fingerprint density at radius 2 is 2.41 bits per heavy atom. The third-order valence-electron chi connectivity index (χ3n) is 2.69. The monoisotopic (exact) mass is 317 g/mol. The minimum Gasteiger partial charge on any atom is -0.322 e. The van der Waals surface area contributed by atoms with E-state index in [-0.39, 0.29) is 11.9 Å². The van der Waals surface area contributed by atoms with Crippen molar-refractivity contribution in [1.29, 1.82) is 0 Å². The predicted molar refractivity (Wildman–Crippen MR) is 71.2 cm³/mol. The molecule has 1 aromatic heterocycles. The largest absolute Gasteiger partial charge is 0.322 e. The Labute approximate surface area is 113 Å². The van der Waals surface area contributed by atoms with Crippen molar-refractivity contribution in [3.8, 4) is 0 Å². The van der Waals surface area contributed by atoms with Gasteiger partial charge in [0, 0.05) is 10.7 Å². The summed E-state index contributed by atoms with van der Waals surface area (Å²) in [7, 11) is 0. The maximum atomic E-state index is 12.0. The highest BCUT2D eigenvalue weighted by molar-refractivity contribution is 9.10. The Hall–Kier alpha value is -0.650. The second-order valence-corrected chi connectivity index (χ2v) is 5.26. The van der Waals surface area contributed by atoms with Crippen LogP contribution >= 0.6 is 27.5 Å². The van der Waals surface area contributed by atoms with Gasteiger partial charge in [0.1, 0.15) is 0 Å². The maximum absolute atomic E-state index is 12.0. The van der Waals surface area contributed by atoms with Crippen LogP contribution < -0.4 is 10.6 Å². The number of nitrogens with one attached hydrogen (secondary N) is 2. The Bertz CT molecular complexity index is 421. The van der Waals surface area contributed by atoms with Crippen LogP contribution in [0.2, 0.25) is 5.15 Å². The van der Waals surface area contributed by atoms with Gasteiger partial charge in [-0.25, -0.2) is 4.98 Å². The molecule has 2 N–H and O–H groups in total. The van der Waals surface area contributed by atoms with Crippen LogP contribution in [0.25, 0.3) is 0 Å². The number of anilines is 1. The highest BCUT2D eigenvalue weighted by Gasteiger charge is 2.21. The molecule has 1 atom stereocenters. The van der Waals surface area contributed by atoms with Crippen LogP contribution in [0.4, 0.5) is 5.69 Å². The van der Waals surface area contributed by atoms with Gasteiger partial charge in [0.05, 0.1) is 11.7 Å². The number of carbonyl (C=O) groups is 1. The van der Waals surface area contributed by atoms with E-state index in [2.05, 4.69) is 31.5 Å². The molecule has 2 heterocycles. The lowest BCUT2D eigenvalue weighted by molar-refractivity contribution is -0.118. The lowest BCUT2D eigenvalue weighted by Gasteiger charge is -2.22. The molecule has 4 nitrogen and oxygen atoms in total. The van der Waals surface area contributed by atoms with Crippen molar-refractivity contribution in [3.05, 3.63) is 21.9 Å². The zero-order valence-corrected chi connectivity index (χ0v) is 11.5. The van der Waals surface area contributed by atoms with Crippen molar-refractivity contribution in [1.82, 2.24) is 10.3 Å². The molecule has 1 unspecified atom stereocenters. The van der Waals surface area contributed by atoms with E-state index in [4.69, 9.17) is 11.6 Å². The molecular weight excluding hydrogens is 305 g/mol. The number of rotatable bonds is 2. The predicted octanol–water partition coefficient (Wildman–Crippen LogP) is 2.58. The molecule has 1 aliphatic heterocycles. The second-order valence-electron chi connectivity index (χ2n) is 3.98. The summed E-state index contributed by atoms with van der Waals surface area (Å²) in [6.45, 7) is 0.891. The van der Waals surface area contributed by atoms with Crippen molar-refractivity contribution < 1.29 is 4.79 Å². The molecule has 92 valence electrons. The molecular formula is C11H13BrClN3O. The van der Waals surface area contributed by atoms with Gasteiger partial charge in [0.25, 0.3) is 0 Å². The van der Waals surface area contributed by atoms with Crippen LogP contribution in [0, 0.1) is 0 Å². The summed E-state index contributed by atoms with van der Waals surface area (Å²) in [4.78, 5) is 15.9. The zero-order valence-electron chi connectivity index (χ0n) is 9.17. The third-order valence-corrected chi connectivity index (χ3v) is 3.43. The van der Waals surface area contributed by atoms with Gasteiger partial charge in [-0.05, 0) is 41.4 Å². The lowest BCUT2D eigenvalue weighted by atomic mass is 10.0. The van der Waals surface area contributed by atoms with Crippen molar-refractivity contribution in [2.75, 3.05) is 11.9 Å². The number of hydrogen-bond acceptors (Lipinski definition) is 3. The first-order chi connectivity index (χ1) is 8.16. The van der Waals surface area contributed by atoms with Crippen molar-refractivity contribution in [2.45, 2.75) is 25.3 Å². The first-order valence-corrected chi connectivity index (χ1v) is 6.69. The number of carbonyl (C=O) groups excluding carboxylic acids is 1. The highest BCUT2D eigenvalue weighted by Crippen LogP contribution is 2.23. The number of nitrogens with zero attached hydrogens (tertiary/aromatic N) is 1. The van der Waals surface area contributed by atoms with E-state index in [0.29, 0.717) is 10.8 Å². The van der Waals surface area contributed by atoms with Crippen LogP contribution in [-0.4, -0.2) is 23.5 Å². The van der Waals surface area contributed by atoms with Gasteiger partial charge in [-0.1, -0.05) is 18.0 Å². The topological polar surface area (TPSA) is 54.0 Å². The number of aromatic nitrogens is 1. The minimum absolute atomic E-state index is 0.0495. The van der Waals surface area contributed by atoms with Crippen LogP contribution in [0.5, 0.6) is 0 Å². The van der Waals surface area contributed by atoms with Gasteiger partial charge in [-0.3, -0.25) is 4.79 Å². The smallest absolute Gasteiger partial charge is 0.241 e. The standard InChI is InChI=1S/C11H13BrClN3O/c12-7-5-9(10(13)15-6-7)16-11(17)8-3-1-2-4-14-8/h5-6,8,14H,1-4H2,(H,16,17). The molecule has 0 radical (unpaired) electrons. The Balaban J connectivity index is 2.04. The Kier molecular flexibility index (Phi) is 4.36. The summed E-state index contributed by atoms with van der Waals surface area (Å²) in [5, 5.41) is 6.28. The number of hydrogen-bond donors (Lipinski definition) is 2. The van der Waals surface area contributed by atoms with E-state index in [1.807, 2.05) is 0 Å². The lowest BCUT2D eigenvalue weighted by Crippen LogP contribution is -2.43. The van der Waals surface area contributed by atoms with Gasteiger partial charge >= 0.3 is 0 Å². The number of halogens is 2. The van der Waals surface area contributed by atoms with Crippen LogP contribution in [0.15, 0.2) is 16.7 Å². The summed E-state index contributed by atoms with van der Waals surface area (Å²) in [5.74, 6) is -0.0495. The minimum atomic E-state index is -0.126. The molecule has 0 saturated carbocycles. The molecule has 2 rings (SSSR count). The first kappa shape index (κ1) is 12.8. The normalized spacial score (nSPS) is 20.0. The highest BCUT2D eigenvalue weighted by atomic mass is 79.9. The van der Waals surface area contributed by atoms with Crippen molar-refractivity contribution >= 4 is 39.1 Å². The molecule has 1 aromatic rings. The molecule has 0 bridgehead atoms. The van der Waals surface area contributed by atoms with Crippen molar-refractivity contribution in [3.63, 3.8) is 0 Å². The van der Waals surface area contributed by atoms with E-state index in [1.54, 1.807) is 12.3 Å². The molecule has 1 fully saturated rings. The fourth-order valence-corrected chi connectivity index (χ4v) is 2.29. The molecule has 1 aliphatic rings. The summed E-state index contributed by atoms with van der Waals surface area (Å²) in [6.07, 6.45) is 4.67. The maximum Gasteiger partial charge on any atom is 0.241 e. The molecule has 0 aromatic carbocycles. The van der Waals surface area contributed by atoms with Gasteiger partial charge in [0.2, 0.25) is 5.91 Å². The summed E-state index contributed by atoms with van der Waals surface area (Å²) < 4.78 is 0.786. The fraction of sp³-hybridized carbons (Fsp3) is 0.455. The van der Waals surface area contributed by atoms with E-state index in [1.165, 1.54) is 0 Å². The fourth-order valence-electron chi connectivity index (χ4n) is 1.81. The zero-order chi connectivity index (χ0) is 12.3. The Morgan fingerprint density at radius 1 is 1.59 bits per heavy atom. The Morgan fingerprint density at radius 3 is 3.12 bits per heavy atom. The molecule has 6 heteroatoms. The molecule has 1 saturated heterocycles. The quantitative estimate of drug-likeness (QED) is 0.824. The van der Waals surface area contributed by atoms with Crippen LogP contribution in [0.1, 0.15) is 19.3 Å². The number of pyridine rings is 1. The summed E-state index contributed by atoms with van der Waals surface area (Å²) >= 11 is 9.21. The molecule has 0 aliphatic carbocycles. The molecule has 1 amide bonds. The summed E-state index contributed by atoms with van der Waals surface area (Å²) in [5.41, 5.74) is 0.540. The van der Waals surface area contributed by atoms with E-state index < -0.39 is 0 Å². The number of piperidine rings is 1. The van der Waals surface area contributed by atoms with Crippen LogP contribution in [-0.2, 0) is 4.79 Å². The molecule has 17 heavy (non-hydrogen) atoms. The van der Waals surface area contributed by atoms with Gasteiger partial charge < -0.3 is 10.6 Å². The van der Waals surface area contributed by atoms with Gasteiger partial charge in [-0.2, -0.15) is 0 Å². The first-order valence-electron chi connectivity index (χ1n) is 5.52.